The van der Waals surface area contributed by atoms with Gasteiger partial charge in [0, 0.05) is 12.0 Å². The molecule has 0 aliphatic heterocycles. The lowest BCUT2D eigenvalue weighted by Crippen LogP contribution is -2.51. The minimum absolute atomic E-state index is 0.410. The molecule has 7 atom stereocenters. The fourth-order valence-corrected chi connectivity index (χ4v) is 9.32. The molecule has 3 fully saturated rings. The van der Waals surface area contributed by atoms with Crippen LogP contribution in [0, 0.1) is 34.5 Å². The summed E-state index contributed by atoms with van der Waals surface area (Å²) in [4.78, 5) is 5.15. The molecule has 0 bridgehead atoms. The summed E-state index contributed by atoms with van der Waals surface area (Å²) in [5.74, 6) is 3.18. The standard InChI is InChI=1S/C25H43NO2Si/c1-17(26-27-4)21-10-11-22-20-9-8-18-16-19(28-29(5,6)7)12-14-24(18,2)23(20)13-15-25(21,22)3/h8,19-23H,9-16H2,1-7H3/t19-,20?,21+,22?,23?,24-,25+/m0/s1. The molecular formula is C25H43NO2Si. The highest BCUT2D eigenvalue weighted by atomic mass is 28.4. The van der Waals surface area contributed by atoms with Crippen molar-refractivity contribution in [3.05, 3.63) is 11.6 Å². The average molecular weight is 418 g/mol. The maximum absolute atomic E-state index is 6.53. The minimum Gasteiger partial charge on any atom is -0.414 e. The van der Waals surface area contributed by atoms with Crippen LogP contribution in [0.1, 0.15) is 72.1 Å². The van der Waals surface area contributed by atoms with E-state index in [-0.39, 0.29) is 0 Å². The SMILES string of the molecule is CON=C(C)[C@H]1CCC2C3CC=C4C[C@@H](O[Si](C)(C)C)CC[C@]4(C)C3CC[C@@]21C. The second-order valence-corrected chi connectivity index (χ2v) is 16.4. The van der Waals surface area contributed by atoms with E-state index in [4.69, 9.17) is 9.26 Å². The smallest absolute Gasteiger partial charge is 0.184 e. The molecule has 0 N–H and O–H groups in total. The van der Waals surface area contributed by atoms with Gasteiger partial charge in [0.25, 0.3) is 0 Å². The van der Waals surface area contributed by atoms with E-state index in [1.165, 1.54) is 57.1 Å². The van der Waals surface area contributed by atoms with Gasteiger partial charge in [-0.15, -0.1) is 0 Å². The lowest BCUT2D eigenvalue weighted by atomic mass is 9.47. The molecule has 0 heterocycles. The lowest BCUT2D eigenvalue weighted by molar-refractivity contribution is -0.0412. The Labute approximate surface area is 179 Å². The first-order valence-electron chi connectivity index (χ1n) is 12.0. The molecule has 0 spiro atoms. The zero-order chi connectivity index (χ0) is 21.0. The summed E-state index contributed by atoms with van der Waals surface area (Å²) < 4.78 is 6.53. The predicted octanol–water partition coefficient (Wildman–Crippen LogP) is 6.81. The molecule has 3 nitrogen and oxygen atoms in total. The Hall–Kier alpha value is -0.613. The second kappa shape index (κ2) is 7.51. The summed E-state index contributed by atoms with van der Waals surface area (Å²) in [6.07, 6.45) is 13.6. The van der Waals surface area contributed by atoms with Crippen LogP contribution in [-0.2, 0) is 9.26 Å². The molecule has 4 rings (SSSR count). The van der Waals surface area contributed by atoms with Gasteiger partial charge in [-0.05, 0) is 107 Å². The molecule has 3 saturated carbocycles. The lowest BCUT2D eigenvalue weighted by Gasteiger charge is -2.58. The average Bonchev–Trinajstić information content (AvgIpc) is 2.98. The van der Waals surface area contributed by atoms with Crippen LogP contribution in [0.3, 0.4) is 0 Å². The molecular weight excluding hydrogens is 374 g/mol. The third-order valence-corrected chi connectivity index (χ3v) is 10.4. The van der Waals surface area contributed by atoms with E-state index >= 15 is 0 Å². The van der Waals surface area contributed by atoms with E-state index in [1.54, 1.807) is 12.7 Å². The van der Waals surface area contributed by atoms with E-state index in [0.29, 0.717) is 22.9 Å². The maximum Gasteiger partial charge on any atom is 0.184 e. The van der Waals surface area contributed by atoms with Crippen LogP contribution in [-0.4, -0.2) is 27.2 Å². The van der Waals surface area contributed by atoms with Crippen molar-refractivity contribution in [2.45, 2.75) is 97.9 Å². The Morgan fingerprint density at radius 2 is 1.83 bits per heavy atom. The van der Waals surface area contributed by atoms with Crippen molar-refractivity contribution >= 4 is 14.0 Å². The van der Waals surface area contributed by atoms with Gasteiger partial charge >= 0.3 is 0 Å². The second-order valence-electron chi connectivity index (χ2n) is 11.9. The molecule has 4 heteroatoms. The summed E-state index contributed by atoms with van der Waals surface area (Å²) in [7, 11) is 0.224. The van der Waals surface area contributed by atoms with Crippen LogP contribution in [0.5, 0.6) is 0 Å². The number of hydrogen-bond donors (Lipinski definition) is 0. The first-order valence-corrected chi connectivity index (χ1v) is 15.4. The van der Waals surface area contributed by atoms with Gasteiger partial charge in [0.1, 0.15) is 7.11 Å². The zero-order valence-electron chi connectivity index (χ0n) is 19.9. The van der Waals surface area contributed by atoms with Gasteiger partial charge in [0.15, 0.2) is 8.32 Å². The predicted molar refractivity (Wildman–Crippen MR) is 124 cm³/mol. The Morgan fingerprint density at radius 1 is 1.07 bits per heavy atom. The van der Waals surface area contributed by atoms with Crippen LogP contribution in [0.25, 0.3) is 0 Å². The van der Waals surface area contributed by atoms with Crippen LogP contribution in [0.2, 0.25) is 19.6 Å². The third-order valence-electron chi connectivity index (χ3n) is 9.32. The highest BCUT2D eigenvalue weighted by molar-refractivity contribution is 6.69. The number of fused-ring (bicyclic) bond motifs is 5. The van der Waals surface area contributed by atoms with Crippen molar-refractivity contribution in [1.29, 1.82) is 0 Å². The van der Waals surface area contributed by atoms with Crippen molar-refractivity contribution in [2.75, 3.05) is 7.11 Å². The van der Waals surface area contributed by atoms with Gasteiger partial charge in [-0.25, -0.2) is 0 Å². The van der Waals surface area contributed by atoms with Gasteiger partial charge in [-0.1, -0.05) is 30.7 Å². The normalized spacial score (nSPS) is 45.1. The van der Waals surface area contributed by atoms with Gasteiger partial charge in [-0.2, -0.15) is 0 Å². The van der Waals surface area contributed by atoms with Gasteiger partial charge in [0.05, 0.1) is 5.71 Å². The molecule has 3 unspecified atom stereocenters. The molecule has 4 aliphatic rings. The highest BCUT2D eigenvalue weighted by Crippen LogP contribution is 2.66. The van der Waals surface area contributed by atoms with E-state index in [1.807, 2.05) is 0 Å². The topological polar surface area (TPSA) is 30.8 Å². The van der Waals surface area contributed by atoms with Crippen molar-refractivity contribution < 1.29 is 9.26 Å². The molecule has 0 aromatic carbocycles. The Balaban J connectivity index is 1.55. The molecule has 164 valence electrons. The summed E-state index contributed by atoms with van der Waals surface area (Å²) >= 11 is 0. The fraction of sp³-hybridized carbons (Fsp3) is 0.880. The van der Waals surface area contributed by atoms with Crippen LogP contribution < -0.4 is 0 Å². The van der Waals surface area contributed by atoms with Gasteiger partial charge < -0.3 is 9.26 Å². The van der Waals surface area contributed by atoms with E-state index in [9.17, 15) is 0 Å². The summed E-state index contributed by atoms with van der Waals surface area (Å²) in [5, 5.41) is 4.36. The molecule has 0 saturated heterocycles. The van der Waals surface area contributed by atoms with Gasteiger partial charge in [-0.3, -0.25) is 0 Å². The first-order chi connectivity index (χ1) is 13.6. The van der Waals surface area contributed by atoms with E-state index in [2.05, 4.69) is 51.6 Å². The minimum atomic E-state index is -1.46. The fourth-order valence-electron chi connectivity index (χ4n) is 8.12. The molecule has 0 aromatic rings. The van der Waals surface area contributed by atoms with Crippen molar-refractivity contribution in [1.82, 2.24) is 0 Å². The van der Waals surface area contributed by atoms with Crippen LogP contribution >= 0.6 is 0 Å². The Morgan fingerprint density at radius 3 is 2.52 bits per heavy atom. The number of allylic oxidation sites excluding steroid dienone is 1. The van der Waals surface area contributed by atoms with E-state index in [0.717, 1.165) is 17.8 Å². The molecule has 0 aromatic heterocycles. The monoisotopic (exact) mass is 417 g/mol. The van der Waals surface area contributed by atoms with Gasteiger partial charge in [0.2, 0.25) is 0 Å². The summed E-state index contributed by atoms with van der Waals surface area (Å²) in [5.41, 5.74) is 3.78. The first kappa shape index (κ1) is 21.6. The quantitative estimate of drug-likeness (QED) is 0.218. The van der Waals surface area contributed by atoms with Crippen molar-refractivity contribution in [2.24, 2.45) is 39.7 Å². The number of oxime groups is 1. The van der Waals surface area contributed by atoms with Crippen LogP contribution in [0.15, 0.2) is 16.8 Å². The zero-order valence-corrected chi connectivity index (χ0v) is 20.9. The number of hydrogen-bond acceptors (Lipinski definition) is 3. The third kappa shape index (κ3) is 3.67. The summed E-state index contributed by atoms with van der Waals surface area (Å²) in [6, 6.07) is 0. The Bertz CT molecular complexity index is 695. The highest BCUT2D eigenvalue weighted by Gasteiger charge is 2.59. The maximum atomic E-state index is 6.53. The molecule has 29 heavy (non-hydrogen) atoms. The number of rotatable bonds is 4. The molecule has 0 radical (unpaired) electrons. The van der Waals surface area contributed by atoms with Crippen molar-refractivity contribution in [3.8, 4) is 0 Å². The molecule has 0 amide bonds. The molecule has 4 aliphatic carbocycles. The van der Waals surface area contributed by atoms with E-state index < -0.39 is 8.32 Å². The largest absolute Gasteiger partial charge is 0.414 e. The van der Waals surface area contributed by atoms with Crippen molar-refractivity contribution in [3.63, 3.8) is 0 Å². The van der Waals surface area contributed by atoms with Crippen LogP contribution in [0.4, 0.5) is 0 Å². The number of nitrogens with zero attached hydrogens (tertiary/aromatic N) is 1. The summed E-state index contributed by atoms with van der Waals surface area (Å²) in [6.45, 7) is 14.4. The Kier molecular flexibility index (Phi) is 5.60.